The van der Waals surface area contributed by atoms with E-state index < -0.39 is 0 Å². The summed E-state index contributed by atoms with van der Waals surface area (Å²) in [5.41, 5.74) is 7.11. The molecule has 1 aromatic rings. The van der Waals surface area contributed by atoms with Crippen molar-refractivity contribution in [2.24, 2.45) is 11.7 Å². The molecule has 1 unspecified atom stereocenters. The molecule has 0 aliphatic carbocycles. The Morgan fingerprint density at radius 3 is 3.00 bits per heavy atom. The highest BCUT2D eigenvalue weighted by atomic mass is 16.3. The molecule has 4 nitrogen and oxygen atoms in total. The lowest BCUT2D eigenvalue weighted by Crippen LogP contribution is -2.40. The largest absolute Gasteiger partial charge is 0.508 e. The van der Waals surface area contributed by atoms with Gasteiger partial charge in [-0.05, 0) is 62.4 Å². The zero-order valence-corrected chi connectivity index (χ0v) is 11.4. The van der Waals surface area contributed by atoms with E-state index in [-0.39, 0.29) is 11.7 Å². The monoisotopic (exact) mass is 262 g/mol. The number of rotatable bonds is 3. The number of hydrogen-bond acceptors (Lipinski definition) is 3. The third-order valence-electron chi connectivity index (χ3n) is 3.82. The summed E-state index contributed by atoms with van der Waals surface area (Å²) >= 11 is 0. The van der Waals surface area contributed by atoms with Gasteiger partial charge in [0.25, 0.3) is 5.91 Å². The number of piperidine rings is 1. The molecule has 1 aromatic carbocycles. The summed E-state index contributed by atoms with van der Waals surface area (Å²) in [5, 5.41) is 9.40. The number of carbonyl (C=O) groups excluding carboxylic acids is 1. The number of hydrogen-bond donors (Lipinski definition) is 2. The van der Waals surface area contributed by atoms with Crippen molar-refractivity contribution in [3.63, 3.8) is 0 Å². The Hall–Kier alpha value is -1.55. The van der Waals surface area contributed by atoms with Gasteiger partial charge in [-0.1, -0.05) is 0 Å². The molecule has 1 aliphatic heterocycles. The first-order chi connectivity index (χ1) is 9.11. The van der Waals surface area contributed by atoms with Crippen LogP contribution in [0.4, 0.5) is 0 Å². The molecular weight excluding hydrogens is 240 g/mol. The van der Waals surface area contributed by atoms with Crippen molar-refractivity contribution in [2.45, 2.75) is 26.2 Å². The molecule has 4 heteroatoms. The summed E-state index contributed by atoms with van der Waals surface area (Å²) in [7, 11) is 0. The van der Waals surface area contributed by atoms with Crippen molar-refractivity contribution in [1.82, 2.24) is 4.90 Å². The molecular formula is C15H22N2O2. The molecule has 2 rings (SSSR count). The Kier molecular flexibility index (Phi) is 4.43. The number of nitrogens with zero attached hydrogens (tertiary/aromatic N) is 1. The quantitative estimate of drug-likeness (QED) is 0.874. The van der Waals surface area contributed by atoms with Crippen molar-refractivity contribution in [3.05, 3.63) is 29.3 Å². The van der Waals surface area contributed by atoms with Crippen molar-refractivity contribution in [1.29, 1.82) is 0 Å². The fraction of sp³-hybridized carbons (Fsp3) is 0.533. The molecule has 0 saturated carbocycles. The number of amides is 1. The maximum Gasteiger partial charge on any atom is 0.254 e. The Balaban J connectivity index is 2.10. The van der Waals surface area contributed by atoms with Crippen LogP contribution in [-0.4, -0.2) is 35.5 Å². The molecule has 1 fully saturated rings. The van der Waals surface area contributed by atoms with Gasteiger partial charge in [-0.25, -0.2) is 0 Å². The van der Waals surface area contributed by atoms with Crippen LogP contribution in [-0.2, 0) is 0 Å². The summed E-state index contributed by atoms with van der Waals surface area (Å²) in [6.07, 6.45) is 3.20. The van der Waals surface area contributed by atoms with Gasteiger partial charge in [0.1, 0.15) is 5.75 Å². The maximum atomic E-state index is 12.5. The number of phenols is 1. The molecule has 1 aliphatic rings. The average molecular weight is 262 g/mol. The lowest BCUT2D eigenvalue weighted by atomic mass is 9.94. The highest BCUT2D eigenvalue weighted by Gasteiger charge is 2.24. The highest BCUT2D eigenvalue weighted by molar-refractivity contribution is 5.95. The molecule has 1 heterocycles. The second kappa shape index (κ2) is 6.06. The van der Waals surface area contributed by atoms with E-state index in [9.17, 15) is 9.90 Å². The van der Waals surface area contributed by atoms with Gasteiger partial charge in [0, 0.05) is 18.7 Å². The molecule has 1 atom stereocenters. The highest BCUT2D eigenvalue weighted by Crippen LogP contribution is 2.23. The van der Waals surface area contributed by atoms with Gasteiger partial charge in [0.15, 0.2) is 0 Å². The number of benzene rings is 1. The Morgan fingerprint density at radius 2 is 2.32 bits per heavy atom. The fourth-order valence-electron chi connectivity index (χ4n) is 2.78. The van der Waals surface area contributed by atoms with Crippen LogP contribution < -0.4 is 5.73 Å². The maximum absolute atomic E-state index is 12.5. The minimum Gasteiger partial charge on any atom is -0.508 e. The molecule has 3 N–H and O–H groups in total. The van der Waals surface area contributed by atoms with Gasteiger partial charge in [0.05, 0.1) is 0 Å². The molecule has 0 radical (unpaired) electrons. The molecule has 19 heavy (non-hydrogen) atoms. The van der Waals surface area contributed by atoms with E-state index >= 15 is 0 Å². The van der Waals surface area contributed by atoms with Gasteiger partial charge < -0.3 is 15.7 Å². The second-order valence-electron chi connectivity index (χ2n) is 5.34. The predicted molar refractivity (Wildman–Crippen MR) is 75.1 cm³/mol. The molecule has 1 amide bonds. The third kappa shape index (κ3) is 3.26. The number of carbonyl (C=O) groups is 1. The Morgan fingerprint density at radius 1 is 1.53 bits per heavy atom. The van der Waals surface area contributed by atoms with E-state index in [0.29, 0.717) is 18.0 Å². The standard InChI is InChI=1S/C15H22N2O2/c1-11-9-13(18)4-5-14(11)15(19)17-8-2-3-12(10-17)6-7-16/h4-5,9,12,18H,2-3,6-8,10,16H2,1H3. The number of aryl methyl sites for hydroxylation is 1. The second-order valence-corrected chi connectivity index (χ2v) is 5.34. The van der Waals surface area contributed by atoms with Crippen LogP contribution in [0.1, 0.15) is 35.2 Å². The van der Waals surface area contributed by atoms with Crippen LogP contribution in [0.3, 0.4) is 0 Å². The first-order valence-corrected chi connectivity index (χ1v) is 6.90. The van der Waals surface area contributed by atoms with E-state index in [1.54, 1.807) is 18.2 Å². The minimum absolute atomic E-state index is 0.0687. The van der Waals surface area contributed by atoms with Crippen LogP contribution in [0.5, 0.6) is 5.75 Å². The van der Waals surface area contributed by atoms with Gasteiger partial charge in [-0.2, -0.15) is 0 Å². The van der Waals surface area contributed by atoms with Crippen molar-refractivity contribution in [2.75, 3.05) is 19.6 Å². The summed E-state index contributed by atoms with van der Waals surface area (Å²) in [5.74, 6) is 0.799. The number of aromatic hydroxyl groups is 1. The lowest BCUT2D eigenvalue weighted by Gasteiger charge is -2.33. The molecule has 104 valence electrons. The summed E-state index contributed by atoms with van der Waals surface area (Å²) in [6.45, 7) is 4.16. The van der Waals surface area contributed by atoms with Crippen LogP contribution in [0, 0.1) is 12.8 Å². The fourth-order valence-corrected chi connectivity index (χ4v) is 2.78. The molecule has 1 saturated heterocycles. The van der Waals surface area contributed by atoms with Crippen LogP contribution in [0.15, 0.2) is 18.2 Å². The van der Waals surface area contributed by atoms with Gasteiger partial charge in [0.2, 0.25) is 0 Å². The van der Waals surface area contributed by atoms with Gasteiger partial charge in [-0.3, -0.25) is 4.79 Å². The summed E-state index contributed by atoms with van der Waals surface area (Å²) in [6, 6.07) is 4.91. The smallest absolute Gasteiger partial charge is 0.254 e. The lowest BCUT2D eigenvalue weighted by molar-refractivity contribution is 0.0669. The van der Waals surface area contributed by atoms with Crippen molar-refractivity contribution < 1.29 is 9.90 Å². The number of phenolic OH excluding ortho intramolecular Hbond substituents is 1. The first kappa shape index (κ1) is 13.9. The third-order valence-corrected chi connectivity index (χ3v) is 3.82. The first-order valence-electron chi connectivity index (χ1n) is 6.90. The van der Waals surface area contributed by atoms with Crippen LogP contribution >= 0.6 is 0 Å². The average Bonchev–Trinajstić information content (AvgIpc) is 2.39. The molecule has 0 bridgehead atoms. The summed E-state index contributed by atoms with van der Waals surface area (Å²) < 4.78 is 0. The normalized spacial score (nSPS) is 19.5. The van der Waals surface area contributed by atoms with Crippen LogP contribution in [0.2, 0.25) is 0 Å². The van der Waals surface area contributed by atoms with E-state index in [1.165, 1.54) is 0 Å². The topological polar surface area (TPSA) is 66.6 Å². The van der Waals surface area contributed by atoms with Gasteiger partial charge >= 0.3 is 0 Å². The number of nitrogens with two attached hydrogens (primary N) is 1. The predicted octanol–water partition coefficient (Wildman–Crippen LogP) is 1.90. The van der Waals surface area contributed by atoms with Gasteiger partial charge in [-0.15, -0.1) is 0 Å². The number of likely N-dealkylation sites (tertiary alicyclic amines) is 1. The summed E-state index contributed by atoms with van der Waals surface area (Å²) in [4.78, 5) is 14.4. The minimum atomic E-state index is 0.0687. The Labute approximate surface area is 114 Å². The van der Waals surface area contributed by atoms with E-state index in [4.69, 9.17) is 5.73 Å². The van der Waals surface area contributed by atoms with E-state index in [0.717, 1.165) is 37.9 Å². The van der Waals surface area contributed by atoms with Crippen molar-refractivity contribution in [3.8, 4) is 5.75 Å². The van der Waals surface area contributed by atoms with Crippen LogP contribution in [0.25, 0.3) is 0 Å². The zero-order chi connectivity index (χ0) is 13.8. The molecule has 0 spiro atoms. The zero-order valence-electron chi connectivity index (χ0n) is 11.4. The van der Waals surface area contributed by atoms with E-state index in [1.807, 2.05) is 11.8 Å². The van der Waals surface area contributed by atoms with Crippen molar-refractivity contribution >= 4 is 5.91 Å². The Bertz CT molecular complexity index is 457. The SMILES string of the molecule is Cc1cc(O)ccc1C(=O)N1CCCC(CCN)C1. The molecule has 0 aromatic heterocycles. The van der Waals surface area contributed by atoms with E-state index in [2.05, 4.69) is 0 Å².